The van der Waals surface area contributed by atoms with Crippen molar-refractivity contribution >= 4 is 11.6 Å². The number of hydrogen-bond donors (Lipinski definition) is 2. The fraction of sp³-hybridized carbons (Fsp3) is 0.600. The minimum atomic E-state index is -0.511. The molecule has 7 heteroatoms. The summed E-state index contributed by atoms with van der Waals surface area (Å²) in [5, 5.41) is 16.8. The molecule has 2 N–H and O–H groups in total. The SMILES string of the molecule is O=[N+]([O-])c1cnc(NCCCNC2CC2)nc1. The Morgan fingerprint density at radius 3 is 2.65 bits per heavy atom. The van der Waals surface area contributed by atoms with Crippen molar-refractivity contribution in [3.05, 3.63) is 22.5 Å². The smallest absolute Gasteiger partial charge is 0.305 e. The summed E-state index contributed by atoms with van der Waals surface area (Å²) in [7, 11) is 0. The second-order valence-electron chi connectivity index (χ2n) is 4.03. The third-order valence-electron chi connectivity index (χ3n) is 2.50. The lowest BCUT2D eigenvalue weighted by Gasteiger charge is -2.04. The molecule has 0 aliphatic heterocycles. The van der Waals surface area contributed by atoms with Gasteiger partial charge in [-0.25, -0.2) is 9.97 Å². The van der Waals surface area contributed by atoms with Crippen molar-refractivity contribution in [2.75, 3.05) is 18.4 Å². The van der Waals surface area contributed by atoms with E-state index in [0.29, 0.717) is 5.95 Å². The Labute approximate surface area is 98.8 Å². The van der Waals surface area contributed by atoms with Crippen LogP contribution < -0.4 is 10.6 Å². The zero-order chi connectivity index (χ0) is 12.1. The maximum absolute atomic E-state index is 10.4. The third-order valence-corrected chi connectivity index (χ3v) is 2.50. The summed E-state index contributed by atoms with van der Waals surface area (Å²) in [5.41, 5.74) is -0.0917. The Hall–Kier alpha value is -1.76. The fourth-order valence-corrected chi connectivity index (χ4v) is 1.39. The Morgan fingerprint density at radius 2 is 2.06 bits per heavy atom. The fourth-order valence-electron chi connectivity index (χ4n) is 1.39. The second kappa shape index (κ2) is 5.53. The number of nitrogens with one attached hydrogen (secondary N) is 2. The van der Waals surface area contributed by atoms with Gasteiger partial charge in [0, 0.05) is 12.6 Å². The molecule has 2 rings (SSSR count). The first-order chi connectivity index (χ1) is 8.25. The highest BCUT2D eigenvalue weighted by Crippen LogP contribution is 2.18. The van der Waals surface area contributed by atoms with Gasteiger partial charge < -0.3 is 10.6 Å². The Bertz CT molecular complexity index is 377. The summed E-state index contributed by atoms with van der Waals surface area (Å²) < 4.78 is 0. The van der Waals surface area contributed by atoms with Gasteiger partial charge in [-0.15, -0.1) is 0 Å². The van der Waals surface area contributed by atoms with Crippen LogP contribution >= 0.6 is 0 Å². The van der Waals surface area contributed by atoms with Gasteiger partial charge in [0.15, 0.2) is 0 Å². The Kier molecular flexibility index (Phi) is 3.81. The summed E-state index contributed by atoms with van der Waals surface area (Å²) in [6.45, 7) is 1.74. The summed E-state index contributed by atoms with van der Waals surface area (Å²) in [6.07, 6.45) is 5.98. The zero-order valence-corrected chi connectivity index (χ0v) is 9.43. The van der Waals surface area contributed by atoms with Crippen LogP contribution in [0.2, 0.25) is 0 Å². The van der Waals surface area contributed by atoms with E-state index in [0.717, 1.165) is 25.6 Å². The molecule has 1 aromatic rings. The molecule has 1 aliphatic carbocycles. The topological polar surface area (TPSA) is 93.0 Å². The van der Waals surface area contributed by atoms with Gasteiger partial charge in [0.2, 0.25) is 5.95 Å². The summed E-state index contributed by atoms with van der Waals surface area (Å²) in [6, 6.07) is 0.727. The molecule has 0 aromatic carbocycles. The van der Waals surface area contributed by atoms with Crippen molar-refractivity contribution in [3.63, 3.8) is 0 Å². The first-order valence-corrected chi connectivity index (χ1v) is 5.69. The Balaban J connectivity index is 1.65. The molecule has 1 aromatic heterocycles. The standard InChI is InChI=1S/C10H15N5O2/c16-15(17)9-6-13-10(14-7-9)12-5-1-4-11-8-2-3-8/h6-8,11H,1-5H2,(H,12,13,14). The van der Waals surface area contributed by atoms with E-state index in [1.807, 2.05) is 0 Å². The molecule has 7 nitrogen and oxygen atoms in total. The molecule has 0 radical (unpaired) electrons. The molecule has 1 fully saturated rings. The molecule has 0 atom stereocenters. The van der Waals surface area contributed by atoms with Crippen molar-refractivity contribution in [2.45, 2.75) is 25.3 Å². The molecule has 0 amide bonds. The maximum atomic E-state index is 10.4. The van der Waals surface area contributed by atoms with Gasteiger partial charge in [-0.1, -0.05) is 0 Å². The molecular formula is C10H15N5O2. The van der Waals surface area contributed by atoms with Gasteiger partial charge in [0.1, 0.15) is 12.4 Å². The van der Waals surface area contributed by atoms with Crippen LogP contribution in [0.1, 0.15) is 19.3 Å². The molecule has 0 unspecified atom stereocenters. The number of aromatic nitrogens is 2. The van der Waals surface area contributed by atoms with E-state index in [1.165, 1.54) is 25.2 Å². The average Bonchev–Trinajstić information content (AvgIpc) is 3.13. The predicted molar refractivity (Wildman–Crippen MR) is 62.8 cm³/mol. The lowest BCUT2D eigenvalue weighted by molar-refractivity contribution is -0.385. The van der Waals surface area contributed by atoms with E-state index >= 15 is 0 Å². The van der Waals surface area contributed by atoms with Crippen LogP contribution in [-0.2, 0) is 0 Å². The van der Waals surface area contributed by atoms with Gasteiger partial charge in [-0.05, 0) is 25.8 Å². The molecule has 1 aliphatic rings. The largest absolute Gasteiger partial charge is 0.354 e. The van der Waals surface area contributed by atoms with Crippen molar-refractivity contribution in [1.29, 1.82) is 0 Å². The predicted octanol–water partition coefficient (Wildman–Crippen LogP) is 0.939. The van der Waals surface area contributed by atoms with Crippen LogP contribution in [0.4, 0.5) is 11.6 Å². The average molecular weight is 237 g/mol. The minimum absolute atomic E-state index is 0.0917. The molecule has 92 valence electrons. The molecular weight excluding hydrogens is 222 g/mol. The van der Waals surface area contributed by atoms with Crippen LogP contribution in [0.3, 0.4) is 0 Å². The number of nitro groups is 1. The number of rotatable bonds is 7. The van der Waals surface area contributed by atoms with Crippen molar-refractivity contribution in [1.82, 2.24) is 15.3 Å². The monoisotopic (exact) mass is 237 g/mol. The molecule has 1 saturated carbocycles. The molecule has 0 spiro atoms. The molecule has 0 bridgehead atoms. The number of hydrogen-bond acceptors (Lipinski definition) is 6. The number of nitrogens with zero attached hydrogens (tertiary/aromatic N) is 3. The van der Waals surface area contributed by atoms with E-state index in [4.69, 9.17) is 0 Å². The highest BCUT2D eigenvalue weighted by atomic mass is 16.6. The van der Waals surface area contributed by atoms with Gasteiger partial charge in [0.25, 0.3) is 0 Å². The van der Waals surface area contributed by atoms with Crippen LogP contribution in [0.15, 0.2) is 12.4 Å². The van der Waals surface area contributed by atoms with E-state index in [1.54, 1.807) is 0 Å². The highest BCUT2D eigenvalue weighted by Gasteiger charge is 2.19. The first kappa shape index (κ1) is 11.7. The van der Waals surface area contributed by atoms with Crippen LogP contribution in [0, 0.1) is 10.1 Å². The van der Waals surface area contributed by atoms with Crippen LogP contribution in [0.25, 0.3) is 0 Å². The van der Waals surface area contributed by atoms with Crippen molar-refractivity contribution < 1.29 is 4.92 Å². The van der Waals surface area contributed by atoms with E-state index in [2.05, 4.69) is 20.6 Å². The van der Waals surface area contributed by atoms with E-state index < -0.39 is 4.92 Å². The zero-order valence-electron chi connectivity index (χ0n) is 9.43. The summed E-state index contributed by atoms with van der Waals surface area (Å²) in [5.74, 6) is 0.432. The maximum Gasteiger partial charge on any atom is 0.305 e. The normalized spacial score (nSPS) is 14.6. The third kappa shape index (κ3) is 3.95. The van der Waals surface area contributed by atoms with Gasteiger partial charge in [-0.2, -0.15) is 0 Å². The molecule has 17 heavy (non-hydrogen) atoms. The van der Waals surface area contributed by atoms with Gasteiger partial charge in [-0.3, -0.25) is 10.1 Å². The van der Waals surface area contributed by atoms with E-state index in [9.17, 15) is 10.1 Å². The molecule has 1 heterocycles. The second-order valence-corrected chi connectivity index (χ2v) is 4.03. The first-order valence-electron chi connectivity index (χ1n) is 5.69. The van der Waals surface area contributed by atoms with Crippen LogP contribution in [-0.4, -0.2) is 34.0 Å². The van der Waals surface area contributed by atoms with Crippen molar-refractivity contribution in [2.24, 2.45) is 0 Å². The highest BCUT2D eigenvalue weighted by molar-refractivity contribution is 5.30. The molecule has 0 saturated heterocycles. The Morgan fingerprint density at radius 1 is 1.35 bits per heavy atom. The quantitative estimate of drug-likeness (QED) is 0.416. The van der Waals surface area contributed by atoms with Gasteiger partial charge >= 0.3 is 5.69 Å². The van der Waals surface area contributed by atoms with E-state index in [-0.39, 0.29) is 5.69 Å². The summed E-state index contributed by atoms with van der Waals surface area (Å²) in [4.78, 5) is 17.6. The lowest BCUT2D eigenvalue weighted by atomic mass is 10.4. The summed E-state index contributed by atoms with van der Waals surface area (Å²) >= 11 is 0. The minimum Gasteiger partial charge on any atom is -0.354 e. The van der Waals surface area contributed by atoms with Crippen LogP contribution in [0.5, 0.6) is 0 Å². The number of anilines is 1. The van der Waals surface area contributed by atoms with Gasteiger partial charge in [0.05, 0.1) is 4.92 Å². The van der Waals surface area contributed by atoms with Crippen molar-refractivity contribution in [3.8, 4) is 0 Å². The lowest BCUT2D eigenvalue weighted by Crippen LogP contribution is -2.20.